The van der Waals surface area contributed by atoms with Crippen molar-refractivity contribution in [2.24, 2.45) is 0 Å². The minimum atomic E-state index is -0.719. The summed E-state index contributed by atoms with van der Waals surface area (Å²) in [6.07, 6.45) is 2.02. The van der Waals surface area contributed by atoms with Crippen molar-refractivity contribution in [2.45, 2.75) is 42.5 Å². The van der Waals surface area contributed by atoms with E-state index in [9.17, 15) is 5.21 Å². The van der Waals surface area contributed by atoms with E-state index in [1.807, 2.05) is 50.2 Å². The number of benzene rings is 2. The summed E-state index contributed by atoms with van der Waals surface area (Å²) in [5.41, 5.74) is 1.96. The Morgan fingerprint density at radius 2 is 2.04 bits per heavy atom. The molecule has 3 atom stereocenters. The highest BCUT2D eigenvalue weighted by Crippen LogP contribution is 2.46. The normalized spacial score (nSPS) is 25.0. The Bertz CT molecular complexity index is 775. The fourth-order valence-electron chi connectivity index (χ4n) is 3.32. The van der Waals surface area contributed by atoms with Crippen LogP contribution in [0.3, 0.4) is 0 Å². The molecule has 0 spiro atoms. The molecule has 0 saturated carbocycles. The lowest BCUT2D eigenvalue weighted by Crippen LogP contribution is -3.14. The molecular formula is C20H23BrClNO2S. The third-order valence-electron chi connectivity index (χ3n) is 4.80. The molecule has 0 bridgehead atoms. The summed E-state index contributed by atoms with van der Waals surface area (Å²) < 4.78 is 6.04. The van der Waals surface area contributed by atoms with Gasteiger partial charge in [0.2, 0.25) is 0 Å². The fraction of sp³-hybridized carbons (Fsp3) is 0.400. The van der Waals surface area contributed by atoms with Crippen LogP contribution in [0.15, 0.2) is 47.4 Å². The first-order valence-electron chi connectivity index (χ1n) is 8.78. The molecule has 1 heterocycles. The third kappa shape index (κ3) is 3.92. The second-order valence-electron chi connectivity index (χ2n) is 6.64. The zero-order valence-electron chi connectivity index (χ0n) is 14.9. The molecule has 1 N–H and O–H groups in total. The second kappa shape index (κ2) is 8.53. The first-order valence-corrected chi connectivity index (χ1v) is 11.1. The van der Waals surface area contributed by atoms with E-state index in [1.54, 1.807) is 11.8 Å². The molecular weight excluding hydrogens is 434 g/mol. The number of ether oxygens (including phenoxy) is 1. The molecule has 0 saturated heterocycles. The number of alkyl halides is 1. The van der Waals surface area contributed by atoms with E-state index >= 15 is 0 Å². The average Bonchev–Trinajstić information content (AvgIpc) is 2.64. The summed E-state index contributed by atoms with van der Waals surface area (Å²) in [4.78, 5) is 0.427. The number of nitrogens with one attached hydrogen (secondary N) is 1. The molecule has 0 amide bonds. The number of halogens is 2. The van der Waals surface area contributed by atoms with Crippen LogP contribution in [-0.2, 0) is 4.87 Å². The number of thioether (sulfide) groups is 1. The average molecular weight is 457 g/mol. The Balaban J connectivity index is 1.97. The Hall–Kier alpha value is -0.720. The van der Waals surface area contributed by atoms with Crippen LogP contribution in [0.25, 0.3) is 0 Å². The second-order valence-corrected chi connectivity index (χ2v) is 9.33. The van der Waals surface area contributed by atoms with E-state index < -0.39 is 4.87 Å². The number of unbranched alkanes of at least 4 members (excludes halogenated alkanes) is 1. The third-order valence-corrected chi connectivity index (χ3v) is 7.02. The molecule has 0 aliphatic carbocycles. The van der Waals surface area contributed by atoms with Gasteiger partial charge in [0, 0.05) is 27.7 Å². The highest BCUT2D eigenvalue weighted by molar-refractivity contribution is 9.09. The van der Waals surface area contributed by atoms with Gasteiger partial charge in [0.15, 0.2) is 4.87 Å². The molecule has 3 rings (SSSR count). The van der Waals surface area contributed by atoms with Gasteiger partial charge in [-0.15, -0.1) is 0 Å². The number of hydrogen-bond acceptors (Lipinski definition) is 3. The van der Waals surface area contributed by atoms with Crippen LogP contribution >= 0.6 is 39.3 Å². The minimum Gasteiger partial charge on any atom is -0.633 e. The van der Waals surface area contributed by atoms with E-state index in [0.717, 1.165) is 39.9 Å². The lowest BCUT2D eigenvalue weighted by molar-refractivity contribution is -0.923. The minimum absolute atomic E-state index is 0.155. The maximum atomic E-state index is 13.3. The van der Waals surface area contributed by atoms with Crippen molar-refractivity contribution in [3.05, 3.63) is 63.8 Å². The monoisotopic (exact) mass is 455 g/mol. The van der Waals surface area contributed by atoms with Crippen LogP contribution in [0.2, 0.25) is 5.02 Å². The van der Waals surface area contributed by atoms with Gasteiger partial charge >= 0.3 is 0 Å². The summed E-state index contributed by atoms with van der Waals surface area (Å²) in [5, 5.41) is 15.1. The molecule has 0 radical (unpaired) electrons. The number of hydroxylamine groups is 2. The van der Waals surface area contributed by atoms with Gasteiger partial charge in [0.05, 0.1) is 12.2 Å². The summed E-state index contributed by atoms with van der Waals surface area (Å²) >= 11 is 11.3. The molecule has 26 heavy (non-hydrogen) atoms. The van der Waals surface area contributed by atoms with E-state index in [2.05, 4.69) is 22.0 Å². The highest BCUT2D eigenvalue weighted by Gasteiger charge is 2.45. The fourth-order valence-corrected chi connectivity index (χ4v) is 5.39. The van der Waals surface area contributed by atoms with Crippen LogP contribution in [0, 0.1) is 5.21 Å². The molecule has 3 nitrogen and oxygen atoms in total. The van der Waals surface area contributed by atoms with Gasteiger partial charge in [-0.05, 0) is 44.0 Å². The van der Waals surface area contributed by atoms with Crippen molar-refractivity contribution in [3.63, 3.8) is 0 Å². The number of rotatable bonds is 6. The van der Waals surface area contributed by atoms with Crippen LogP contribution in [0.4, 0.5) is 0 Å². The van der Waals surface area contributed by atoms with Crippen LogP contribution in [0.1, 0.15) is 43.9 Å². The summed E-state index contributed by atoms with van der Waals surface area (Å²) in [6.45, 7) is 4.60. The van der Waals surface area contributed by atoms with Crippen molar-refractivity contribution in [3.8, 4) is 5.75 Å². The first-order chi connectivity index (χ1) is 12.5. The zero-order chi connectivity index (χ0) is 18.7. The van der Waals surface area contributed by atoms with E-state index in [-0.39, 0.29) is 11.1 Å². The summed E-state index contributed by atoms with van der Waals surface area (Å²) in [5.74, 6) is 0.749. The number of fused-ring (bicyclic) bond motifs is 1. The van der Waals surface area contributed by atoms with Gasteiger partial charge in [-0.2, -0.15) is 0 Å². The topological polar surface area (TPSA) is 36.7 Å². The first kappa shape index (κ1) is 20.0. The van der Waals surface area contributed by atoms with Crippen molar-refractivity contribution in [1.82, 2.24) is 0 Å². The lowest BCUT2D eigenvalue weighted by Gasteiger charge is -2.48. The molecule has 2 aromatic carbocycles. The van der Waals surface area contributed by atoms with Gasteiger partial charge in [-0.1, -0.05) is 57.5 Å². The standard InChI is InChI=1S/C20H23BrClNO2S/c1-14-16-7-3-4-8-19(16)26-20(2,23(14)24)17-13-15(22)9-10-18(17)25-12-6-5-11-21/h3-4,7-10,13-14,23H,5-6,11-12H2,1-2H3. The Labute approximate surface area is 172 Å². The van der Waals surface area contributed by atoms with Gasteiger partial charge < -0.3 is 15.0 Å². The lowest BCUT2D eigenvalue weighted by atomic mass is 10.0. The predicted octanol–water partition coefficient (Wildman–Crippen LogP) is 5.32. The molecule has 1 aliphatic heterocycles. The van der Waals surface area contributed by atoms with Crippen LogP contribution < -0.4 is 9.80 Å². The van der Waals surface area contributed by atoms with E-state index in [0.29, 0.717) is 11.6 Å². The maximum Gasteiger partial charge on any atom is 0.175 e. The molecule has 1 aliphatic rings. The maximum absolute atomic E-state index is 13.3. The molecule has 6 heteroatoms. The van der Waals surface area contributed by atoms with Gasteiger partial charge in [0.25, 0.3) is 0 Å². The van der Waals surface area contributed by atoms with Crippen molar-refractivity contribution in [2.75, 3.05) is 11.9 Å². The van der Waals surface area contributed by atoms with Gasteiger partial charge in [0.1, 0.15) is 11.8 Å². The predicted molar refractivity (Wildman–Crippen MR) is 112 cm³/mol. The van der Waals surface area contributed by atoms with Crippen molar-refractivity contribution >= 4 is 39.3 Å². The summed E-state index contributed by atoms with van der Waals surface area (Å²) in [6, 6.07) is 13.6. The highest BCUT2D eigenvalue weighted by atomic mass is 79.9. The molecule has 3 unspecified atom stereocenters. The smallest absolute Gasteiger partial charge is 0.175 e. The Morgan fingerprint density at radius 3 is 2.81 bits per heavy atom. The van der Waals surface area contributed by atoms with E-state index in [4.69, 9.17) is 16.3 Å². The quantitative estimate of drug-likeness (QED) is 0.363. The molecule has 2 aromatic rings. The van der Waals surface area contributed by atoms with Crippen molar-refractivity contribution in [1.29, 1.82) is 0 Å². The summed E-state index contributed by atoms with van der Waals surface area (Å²) in [7, 11) is 0. The van der Waals surface area contributed by atoms with Crippen LogP contribution in [-0.4, -0.2) is 11.9 Å². The number of hydrogen-bond donors (Lipinski definition) is 1. The Morgan fingerprint density at radius 1 is 1.27 bits per heavy atom. The Kier molecular flexibility index (Phi) is 6.57. The van der Waals surface area contributed by atoms with Crippen molar-refractivity contribution < 1.29 is 9.80 Å². The molecule has 0 aromatic heterocycles. The molecule has 0 fully saturated rings. The molecule has 140 valence electrons. The van der Waals surface area contributed by atoms with E-state index in [1.165, 1.54) is 0 Å². The van der Waals surface area contributed by atoms with Gasteiger partial charge in [-0.25, -0.2) is 0 Å². The SMILES string of the molecule is CC1c2ccccc2SC(C)(c2cc(Cl)ccc2OCCCCBr)[NH+]1[O-]. The largest absolute Gasteiger partial charge is 0.633 e. The van der Waals surface area contributed by atoms with Crippen LogP contribution in [0.5, 0.6) is 5.75 Å². The van der Waals surface area contributed by atoms with Gasteiger partial charge in [-0.3, -0.25) is 0 Å². The zero-order valence-corrected chi connectivity index (χ0v) is 18.1. The number of quaternary nitrogens is 1.